The van der Waals surface area contributed by atoms with Crippen LogP contribution in [0, 0.1) is 0 Å². The molecule has 2 rings (SSSR count). The van der Waals surface area contributed by atoms with Gasteiger partial charge in [0.2, 0.25) is 0 Å². The molecule has 0 saturated carbocycles. The minimum Gasteiger partial charge on any atom is -0.0622 e. The average molecular weight is 292 g/mol. The third-order valence-electron chi connectivity index (χ3n) is 3.96. The molecule has 0 unspecified atom stereocenters. The topological polar surface area (TPSA) is 0 Å². The van der Waals surface area contributed by atoms with Gasteiger partial charge in [-0.3, -0.25) is 0 Å². The third-order valence-corrected chi connectivity index (χ3v) is 3.96. The fraction of sp³-hybridized carbons (Fsp3) is 0.364. The van der Waals surface area contributed by atoms with Crippen molar-refractivity contribution in [2.45, 2.75) is 52.4 Å². The third kappa shape index (κ3) is 4.34. The van der Waals surface area contributed by atoms with Crippen LogP contribution < -0.4 is 0 Å². The van der Waals surface area contributed by atoms with Gasteiger partial charge < -0.3 is 0 Å². The van der Waals surface area contributed by atoms with Crippen molar-refractivity contribution in [1.82, 2.24) is 0 Å². The largest absolute Gasteiger partial charge is 0.0622 e. The lowest BCUT2D eigenvalue weighted by atomic mass is 9.79. The first-order valence-electron chi connectivity index (χ1n) is 8.05. The molecule has 0 heteroatoms. The molecule has 22 heavy (non-hydrogen) atoms. The zero-order valence-corrected chi connectivity index (χ0v) is 14.8. The first-order valence-corrected chi connectivity index (χ1v) is 8.05. The monoisotopic (exact) mass is 292 g/mol. The molecule has 0 amide bonds. The maximum absolute atomic E-state index is 2.36. The smallest absolute Gasteiger partial charge is 0.0132 e. The lowest BCUT2D eigenvalue weighted by molar-refractivity contribution is 0.568. The Kier molecular flexibility index (Phi) is 4.60. The quantitative estimate of drug-likeness (QED) is 0.558. The molecule has 0 aliphatic carbocycles. The fourth-order valence-corrected chi connectivity index (χ4v) is 2.37. The van der Waals surface area contributed by atoms with E-state index in [0.717, 1.165) is 0 Å². The van der Waals surface area contributed by atoms with Gasteiger partial charge in [-0.1, -0.05) is 102 Å². The minimum absolute atomic E-state index is 0.163. The van der Waals surface area contributed by atoms with Crippen LogP contribution in [-0.2, 0) is 10.8 Å². The van der Waals surface area contributed by atoms with E-state index >= 15 is 0 Å². The zero-order chi connectivity index (χ0) is 16.4. The van der Waals surface area contributed by atoms with Crippen molar-refractivity contribution in [3.8, 4) is 0 Å². The maximum Gasteiger partial charge on any atom is -0.0132 e. The molecule has 0 aromatic heterocycles. The van der Waals surface area contributed by atoms with E-state index in [4.69, 9.17) is 0 Å². The van der Waals surface area contributed by atoms with Crippen LogP contribution in [0.1, 0.15) is 63.8 Å². The van der Waals surface area contributed by atoms with Crippen molar-refractivity contribution in [3.05, 3.63) is 70.8 Å². The van der Waals surface area contributed by atoms with Crippen LogP contribution in [-0.4, -0.2) is 0 Å². The van der Waals surface area contributed by atoms with E-state index in [1.807, 2.05) is 0 Å². The van der Waals surface area contributed by atoms with Crippen LogP contribution >= 0.6 is 0 Å². The lowest BCUT2D eigenvalue weighted by Gasteiger charge is -2.25. The molecular formula is C22H28. The summed E-state index contributed by atoms with van der Waals surface area (Å²) in [4.78, 5) is 0. The Morgan fingerprint density at radius 1 is 0.591 bits per heavy atom. The summed E-state index contributed by atoms with van der Waals surface area (Å²) < 4.78 is 0. The van der Waals surface area contributed by atoms with Gasteiger partial charge in [0.1, 0.15) is 0 Å². The van der Waals surface area contributed by atoms with Gasteiger partial charge >= 0.3 is 0 Å². The predicted octanol–water partition coefficient (Wildman–Crippen LogP) is 6.45. The van der Waals surface area contributed by atoms with Gasteiger partial charge in [0.15, 0.2) is 0 Å². The van der Waals surface area contributed by atoms with Crippen LogP contribution in [0.15, 0.2) is 48.5 Å². The van der Waals surface area contributed by atoms with E-state index in [-0.39, 0.29) is 10.8 Å². The van der Waals surface area contributed by atoms with E-state index in [9.17, 15) is 0 Å². The molecule has 0 aliphatic rings. The van der Waals surface area contributed by atoms with Crippen LogP contribution in [0.4, 0.5) is 0 Å². The van der Waals surface area contributed by atoms with E-state index in [1.165, 1.54) is 22.3 Å². The molecule has 0 bridgehead atoms. The number of benzene rings is 2. The van der Waals surface area contributed by atoms with E-state index in [1.54, 1.807) is 0 Å². The normalized spacial score (nSPS) is 12.8. The second-order valence-corrected chi connectivity index (χ2v) is 8.09. The molecule has 0 spiro atoms. The summed E-state index contributed by atoms with van der Waals surface area (Å²) in [6.45, 7) is 13.7. The first kappa shape index (κ1) is 16.5. The second kappa shape index (κ2) is 6.12. The van der Waals surface area contributed by atoms with Crippen LogP contribution in [0.2, 0.25) is 0 Å². The summed E-state index contributed by atoms with van der Waals surface area (Å²) in [5.41, 5.74) is 5.63. The van der Waals surface area contributed by atoms with Gasteiger partial charge in [-0.05, 0) is 33.1 Å². The standard InChI is InChI=1S/C22H28/c1-21(2,3)19-14-18(15-20(16-19)22(4,5)6)13-12-17-10-8-7-9-11-17/h7-16H,1-6H3. The minimum atomic E-state index is 0.163. The highest BCUT2D eigenvalue weighted by atomic mass is 14.2. The molecule has 0 aliphatic heterocycles. The van der Waals surface area contributed by atoms with Crippen molar-refractivity contribution < 1.29 is 0 Å². The molecule has 0 atom stereocenters. The predicted molar refractivity (Wildman–Crippen MR) is 99.2 cm³/mol. The van der Waals surface area contributed by atoms with Crippen LogP contribution in [0.25, 0.3) is 12.2 Å². The first-order chi connectivity index (χ1) is 10.2. The summed E-state index contributed by atoms with van der Waals surface area (Å²) >= 11 is 0. The lowest BCUT2D eigenvalue weighted by Crippen LogP contribution is -2.16. The van der Waals surface area contributed by atoms with Crippen molar-refractivity contribution in [2.75, 3.05) is 0 Å². The molecule has 0 N–H and O–H groups in total. The van der Waals surface area contributed by atoms with Gasteiger partial charge in [-0.2, -0.15) is 0 Å². The fourth-order valence-electron chi connectivity index (χ4n) is 2.37. The van der Waals surface area contributed by atoms with Crippen LogP contribution in [0.3, 0.4) is 0 Å². The second-order valence-electron chi connectivity index (χ2n) is 8.09. The van der Waals surface area contributed by atoms with Crippen molar-refractivity contribution >= 4 is 12.2 Å². The Bertz CT molecular complexity index is 614. The molecule has 116 valence electrons. The number of hydrogen-bond acceptors (Lipinski definition) is 0. The van der Waals surface area contributed by atoms with E-state index in [2.05, 4.69) is 102 Å². The van der Waals surface area contributed by atoms with E-state index < -0.39 is 0 Å². The molecule has 2 aromatic carbocycles. The van der Waals surface area contributed by atoms with Gasteiger partial charge in [-0.15, -0.1) is 0 Å². The van der Waals surface area contributed by atoms with Crippen molar-refractivity contribution in [1.29, 1.82) is 0 Å². The summed E-state index contributed by atoms with van der Waals surface area (Å²) in [7, 11) is 0. The number of rotatable bonds is 2. The Morgan fingerprint density at radius 2 is 1.05 bits per heavy atom. The number of hydrogen-bond donors (Lipinski definition) is 0. The van der Waals surface area contributed by atoms with Crippen molar-refractivity contribution in [2.24, 2.45) is 0 Å². The summed E-state index contributed by atoms with van der Waals surface area (Å²) in [5, 5.41) is 0. The van der Waals surface area contributed by atoms with Gasteiger partial charge in [0, 0.05) is 0 Å². The van der Waals surface area contributed by atoms with Gasteiger partial charge in [0.25, 0.3) is 0 Å². The molecule has 0 saturated heterocycles. The molecule has 0 nitrogen and oxygen atoms in total. The Morgan fingerprint density at radius 3 is 1.50 bits per heavy atom. The molecule has 0 fully saturated rings. The Balaban J connectivity index is 2.45. The zero-order valence-electron chi connectivity index (χ0n) is 14.8. The van der Waals surface area contributed by atoms with Gasteiger partial charge in [0.05, 0.1) is 0 Å². The van der Waals surface area contributed by atoms with Gasteiger partial charge in [-0.25, -0.2) is 0 Å². The molecule has 0 heterocycles. The highest BCUT2D eigenvalue weighted by molar-refractivity contribution is 5.70. The average Bonchev–Trinajstić information content (AvgIpc) is 2.44. The van der Waals surface area contributed by atoms with E-state index in [0.29, 0.717) is 0 Å². The maximum atomic E-state index is 2.36. The highest BCUT2D eigenvalue weighted by Gasteiger charge is 2.19. The Hall–Kier alpha value is -1.82. The molecule has 2 aromatic rings. The molecule has 0 radical (unpaired) electrons. The summed E-state index contributed by atoms with van der Waals surface area (Å²) in [6, 6.07) is 17.5. The van der Waals surface area contributed by atoms with Crippen molar-refractivity contribution in [3.63, 3.8) is 0 Å². The van der Waals surface area contributed by atoms with Crippen LogP contribution in [0.5, 0.6) is 0 Å². The summed E-state index contributed by atoms with van der Waals surface area (Å²) in [6.07, 6.45) is 4.41. The Labute approximate surface area is 135 Å². The summed E-state index contributed by atoms with van der Waals surface area (Å²) in [5.74, 6) is 0. The SMILES string of the molecule is CC(C)(C)c1cc(C=Cc2ccccc2)cc(C(C)(C)C)c1. The highest BCUT2D eigenvalue weighted by Crippen LogP contribution is 2.30. The molecular weight excluding hydrogens is 264 g/mol.